The summed E-state index contributed by atoms with van der Waals surface area (Å²) in [6.07, 6.45) is -2.47. The molecule has 1 aromatic carbocycles. The van der Waals surface area contributed by atoms with Crippen LogP contribution < -0.4 is 4.90 Å². The number of aliphatic hydroxyl groups is 1. The maximum absolute atomic E-state index is 12.0. The predicted octanol–water partition coefficient (Wildman–Crippen LogP) is 1.45. The van der Waals surface area contributed by atoms with E-state index in [9.17, 15) is 19.5 Å². The van der Waals surface area contributed by atoms with Crippen LogP contribution in [0.4, 0.5) is 10.5 Å². The molecule has 1 aliphatic heterocycles. The van der Waals surface area contributed by atoms with Crippen molar-refractivity contribution in [3.8, 4) is 0 Å². The Morgan fingerprint density at radius 1 is 1.08 bits per heavy atom. The van der Waals surface area contributed by atoms with Crippen molar-refractivity contribution in [3.63, 3.8) is 0 Å². The number of rotatable bonds is 2. The molecule has 9 heteroatoms. The van der Waals surface area contributed by atoms with Crippen LogP contribution in [-0.4, -0.2) is 50.7 Å². The summed E-state index contributed by atoms with van der Waals surface area (Å²) in [5.74, 6) is -1.98. The van der Waals surface area contributed by atoms with E-state index in [-0.39, 0.29) is 11.3 Å². The third kappa shape index (κ3) is 2.87. The summed E-state index contributed by atoms with van der Waals surface area (Å²) in [5, 5.41) is 10.6. The van der Waals surface area contributed by atoms with Gasteiger partial charge in [0.25, 0.3) is 0 Å². The van der Waals surface area contributed by atoms with Crippen LogP contribution in [-0.2, 0) is 23.8 Å². The second-order valence-electron chi connectivity index (χ2n) is 4.65. The molecule has 0 saturated heterocycles. The van der Waals surface area contributed by atoms with Crippen molar-refractivity contribution in [3.05, 3.63) is 33.8 Å². The lowest BCUT2D eigenvalue weighted by atomic mass is 10.0. The first kappa shape index (κ1) is 18.0. The second kappa shape index (κ2) is 7.02. The molecule has 0 spiro atoms. The summed E-state index contributed by atoms with van der Waals surface area (Å²) in [5.41, 5.74) is -0.0185. The molecule has 1 heterocycles. The molecule has 0 radical (unpaired) electrons. The van der Waals surface area contributed by atoms with Gasteiger partial charge in [0.15, 0.2) is 11.8 Å². The van der Waals surface area contributed by atoms with Crippen LogP contribution in [0.2, 0.25) is 0 Å². The minimum absolute atomic E-state index is 0.0957. The molecule has 0 aromatic heterocycles. The molecule has 128 valence electrons. The molecule has 0 saturated carbocycles. The lowest BCUT2D eigenvalue weighted by molar-refractivity contribution is -0.144. The maximum Gasteiger partial charge on any atom is 0.416 e. The minimum atomic E-state index is -1.62. The monoisotopic (exact) mass is 399 g/mol. The molecule has 0 bridgehead atoms. The smallest absolute Gasteiger partial charge is 0.416 e. The lowest BCUT2D eigenvalue weighted by Crippen LogP contribution is -2.38. The number of benzene rings is 1. The third-order valence-corrected chi connectivity index (χ3v) is 3.93. The summed E-state index contributed by atoms with van der Waals surface area (Å²) in [6, 6.07) is 4.74. The van der Waals surface area contributed by atoms with Crippen molar-refractivity contribution in [1.82, 2.24) is 0 Å². The Labute approximate surface area is 145 Å². The van der Waals surface area contributed by atoms with Crippen molar-refractivity contribution in [2.45, 2.75) is 6.23 Å². The summed E-state index contributed by atoms with van der Waals surface area (Å²) in [6.45, 7) is 0. The molecule has 0 fully saturated rings. The van der Waals surface area contributed by atoms with Gasteiger partial charge in [-0.25, -0.2) is 19.3 Å². The summed E-state index contributed by atoms with van der Waals surface area (Å²) in [4.78, 5) is 37.0. The van der Waals surface area contributed by atoms with Crippen LogP contribution >= 0.6 is 15.9 Å². The highest BCUT2D eigenvalue weighted by Crippen LogP contribution is 2.43. The molecule has 1 N–H and O–H groups in total. The van der Waals surface area contributed by atoms with E-state index < -0.39 is 29.8 Å². The van der Waals surface area contributed by atoms with Gasteiger partial charge in [-0.1, -0.05) is 22.0 Å². The number of ether oxygens (including phenoxy) is 3. The molecule has 1 amide bonds. The van der Waals surface area contributed by atoms with Crippen LogP contribution in [0, 0.1) is 0 Å². The van der Waals surface area contributed by atoms with Gasteiger partial charge in [0.1, 0.15) is 0 Å². The number of nitrogens with zero attached hydrogens (tertiary/aromatic N) is 1. The molecule has 8 nitrogen and oxygen atoms in total. The Morgan fingerprint density at radius 3 is 2.17 bits per heavy atom. The number of esters is 2. The van der Waals surface area contributed by atoms with E-state index in [0.717, 1.165) is 26.2 Å². The minimum Gasteiger partial charge on any atom is -0.465 e. The van der Waals surface area contributed by atoms with Crippen LogP contribution in [0.15, 0.2) is 28.2 Å². The maximum atomic E-state index is 12.0. The molecule has 2 rings (SSSR count). The number of hydrogen-bond donors (Lipinski definition) is 1. The van der Waals surface area contributed by atoms with Gasteiger partial charge < -0.3 is 19.3 Å². The highest BCUT2D eigenvalue weighted by molar-refractivity contribution is 9.10. The number of methoxy groups -OCH3 is 3. The van der Waals surface area contributed by atoms with Crippen molar-refractivity contribution >= 4 is 45.2 Å². The van der Waals surface area contributed by atoms with E-state index in [1.807, 2.05) is 0 Å². The number of halogens is 1. The van der Waals surface area contributed by atoms with Crippen molar-refractivity contribution in [2.24, 2.45) is 0 Å². The lowest BCUT2D eigenvalue weighted by Gasteiger charge is -2.20. The number of amides is 1. The molecule has 1 unspecified atom stereocenters. The first-order valence-electron chi connectivity index (χ1n) is 6.63. The van der Waals surface area contributed by atoms with Crippen molar-refractivity contribution in [2.75, 3.05) is 26.2 Å². The van der Waals surface area contributed by atoms with E-state index in [0.29, 0.717) is 10.0 Å². The Hall–Kier alpha value is -2.39. The van der Waals surface area contributed by atoms with Gasteiger partial charge in [0.2, 0.25) is 0 Å². The number of carbonyl (C=O) groups excluding carboxylic acids is 3. The van der Waals surface area contributed by atoms with Crippen molar-refractivity contribution < 1.29 is 33.7 Å². The van der Waals surface area contributed by atoms with Crippen molar-refractivity contribution in [1.29, 1.82) is 0 Å². The average molecular weight is 400 g/mol. The van der Waals surface area contributed by atoms with Crippen LogP contribution in [0.3, 0.4) is 0 Å². The Morgan fingerprint density at radius 2 is 1.67 bits per heavy atom. The molecule has 0 aliphatic carbocycles. The zero-order valence-electron chi connectivity index (χ0n) is 13.0. The highest BCUT2D eigenvalue weighted by Gasteiger charge is 2.42. The summed E-state index contributed by atoms with van der Waals surface area (Å²) < 4.78 is 14.5. The highest BCUT2D eigenvalue weighted by atomic mass is 79.9. The van der Waals surface area contributed by atoms with Crippen LogP contribution in [0.1, 0.15) is 5.56 Å². The Bertz CT molecular complexity index is 725. The fraction of sp³-hybridized carbons (Fsp3) is 0.267. The number of fused-ring (bicyclic) bond motifs is 1. The third-order valence-electron chi connectivity index (χ3n) is 3.43. The molecular weight excluding hydrogens is 386 g/mol. The fourth-order valence-electron chi connectivity index (χ4n) is 2.40. The quantitative estimate of drug-likeness (QED) is 0.264. The molecule has 1 atom stereocenters. The molecule has 1 aliphatic rings. The first-order chi connectivity index (χ1) is 11.4. The van der Waals surface area contributed by atoms with E-state index in [4.69, 9.17) is 0 Å². The zero-order valence-corrected chi connectivity index (χ0v) is 14.6. The SMILES string of the molecule is COC(=O)C(C(=O)OC)=C1c2ccc(Br)cc2N(C(=O)OC)C1O. The van der Waals surface area contributed by atoms with Crippen LogP contribution in [0.5, 0.6) is 0 Å². The van der Waals surface area contributed by atoms with Gasteiger partial charge >= 0.3 is 18.0 Å². The topological polar surface area (TPSA) is 102 Å². The van der Waals surface area contributed by atoms with E-state index >= 15 is 0 Å². The number of hydrogen-bond acceptors (Lipinski definition) is 7. The number of anilines is 1. The van der Waals surface area contributed by atoms with Crippen LogP contribution in [0.25, 0.3) is 5.57 Å². The number of aliphatic hydroxyl groups excluding tert-OH is 1. The van der Waals surface area contributed by atoms with Gasteiger partial charge in [-0.3, -0.25) is 0 Å². The second-order valence-corrected chi connectivity index (χ2v) is 5.56. The first-order valence-corrected chi connectivity index (χ1v) is 7.42. The van der Waals surface area contributed by atoms with Gasteiger partial charge in [0.05, 0.1) is 27.0 Å². The Balaban J connectivity index is 2.79. The van der Waals surface area contributed by atoms with Gasteiger partial charge in [-0.15, -0.1) is 0 Å². The van der Waals surface area contributed by atoms with Gasteiger partial charge in [-0.05, 0) is 12.1 Å². The molecule has 1 aromatic rings. The predicted molar refractivity (Wildman–Crippen MR) is 86.0 cm³/mol. The summed E-state index contributed by atoms with van der Waals surface area (Å²) in [7, 11) is 3.33. The molecular formula is C15H14BrNO7. The fourth-order valence-corrected chi connectivity index (χ4v) is 2.75. The Kier molecular flexibility index (Phi) is 5.25. The van der Waals surface area contributed by atoms with E-state index in [1.165, 1.54) is 0 Å². The molecule has 24 heavy (non-hydrogen) atoms. The average Bonchev–Trinajstić information content (AvgIpc) is 2.85. The standard InChI is InChI=1S/C15H14BrNO7/c1-22-13(19)11(14(20)23-2)10-8-5-4-7(16)6-9(8)17(12(10)18)15(21)24-3/h4-6,12,18H,1-3H3. The van der Waals surface area contributed by atoms with E-state index in [1.54, 1.807) is 18.2 Å². The summed E-state index contributed by atoms with van der Waals surface area (Å²) >= 11 is 3.27. The largest absolute Gasteiger partial charge is 0.465 e. The van der Waals surface area contributed by atoms with E-state index in [2.05, 4.69) is 30.1 Å². The van der Waals surface area contributed by atoms with Gasteiger partial charge in [-0.2, -0.15) is 0 Å². The normalized spacial score (nSPS) is 15.6. The van der Waals surface area contributed by atoms with Gasteiger partial charge in [0, 0.05) is 15.6 Å². The number of carbonyl (C=O) groups is 3. The zero-order chi connectivity index (χ0) is 18.0.